The first-order valence-corrected chi connectivity index (χ1v) is 20.7. The van der Waals surface area contributed by atoms with Crippen LogP contribution in [0.4, 0.5) is 0 Å². The van der Waals surface area contributed by atoms with E-state index < -0.39 is 0 Å². The summed E-state index contributed by atoms with van der Waals surface area (Å²) >= 11 is 3.11. The van der Waals surface area contributed by atoms with Gasteiger partial charge in [-0.1, -0.05) is 125 Å². The van der Waals surface area contributed by atoms with Crippen molar-refractivity contribution in [2.45, 2.75) is 82.1 Å². The van der Waals surface area contributed by atoms with Gasteiger partial charge in [-0.3, -0.25) is 12.2 Å². The summed E-state index contributed by atoms with van der Waals surface area (Å²) in [5, 5.41) is 10.8. The van der Waals surface area contributed by atoms with Crippen LogP contribution in [0.5, 0.6) is 0 Å². The SMILES string of the molecule is CC(C)(C)C1=CC[C-]=C1.CC(C)(C)C1=CC[C-]=C1.C[C](C)=[Zr+2].C[C](C)=[Zr+2].[Cl-].[Cl-].c1ccc2c(c1)[cH-]c1ccccc12.c1ccc2c(c1)[cH-]c1ccccc12. The van der Waals surface area contributed by atoms with Crippen molar-refractivity contribution >= 4 is 49.5 Å². The van der Waals surface area contributed by atoms with Crippen LogP contribution in [0.25, 0.3) is 43.1 Å². The zero-order chi connectivity index (χ0) is 38.3. The Morgan fingerprint density at radius 1 is 0.463 bits per heavy atom. The molecule has 0 heterocycles. The first kappa shape index (κ1) is 49.7. The number of benzene rings is 4. The molecule has 0 atom stereocenters. The van der Waals surface area contributed by atoms with Crippen molar-refractivity contribution in [1.29, 1.82) is 0 Å². The Morgan fingerprint density at radius 2 is 0.685 bits per heavy atom. The van der Waals surface area contributed by atoms with Gasteiger partial charge in [-0.2, -0.15) is 23.3 Å². The largest absolute Gasteiger partial charge is 1.00 e. The van der Waals surface area contributed by atoms with E-state index in [2.05, 4.69) is 215 Å². The summed E-state index contributed by atoms with van der Waals surface area (Å²) in [5.74, 6) is 0. The molecule has 280 valence electrons. The summed E-state index contributed by atoms with van der Waals surface area (Å²) in [6.45, 7) is 21.8. The van der Waals surface area contributed by atoms with Crippen LogP contribution >= 0.6 is 0 Å². The monoisotopic (exact) mass is 906 g/mol. The number of hydrogen-bond acceptors (Lipinski definition) is 0. The van der Waals surface area contributed by atoms with Gasteiger partial charge in [-0.05, 0) is 0 Å². The quantitative estimate of drug-likeness (QED) is 0.135. The minimum absolute atomic E-state index is 0. The number of hydrogen-bond donors (Lipinski definition) is 0. The van der Waals surface area contributed by atoms with E-state index in [1.54, 1.807) is 48.5 Å². The molecule has 4 heteroatoms. The molecule has 6 aromatic rings. The van der Waals surface area contributed by atoms with Gasteiger partial charge in [0.2, 0.25) is 0 Å². The van der Waals surface area contributed by atoms with Crippen LogP contribution in [-0.2, 0) is 48.5 Å². The molecule has 8 rings (SSSR count). The van der Waals surface area contributed by atoms with E-state index in [1.165, 1.54) is 60.6 Å². The van der Waals surface area contributed by atoms with Gasteiger partial charge in [0.1, 0.15) is 0 Å². The fraction of sp³-hybridized carbons (Fsp3) is 0.280. The van der Waals surface area contributed by atoms with Gasteiger partial charge >= 0.3 is 82.6 Å². The summed E-state index contributed by atoms with van der Waals surface area (Å²) < 4.78 is 3.01. The van der Waals surface area contributed by atoms with Crippen molar-refractivity contribution in [3.8, 4) is 0 Å². The predicted octanol–water partition coefficient (Wildman–Crippen LogP) is 8.37. The predicted molar refractivity (Wildman–Crippen MR) is 227 cm³/mol. The van der Waals surface area contributed by atoms with Gasteiger partial charge in [0, 0.05) is 0 Å². The van der Waals surface area contributed by atoms with Crippen molar-refractivity contribution in [2.24, 2.45) is 10.8 Å². The average molecular weight is 910 g/mol. The van der Waals surface area contributed by atoms with Crippen LogP contribution in [-0.4, -0.2) is 6.41 Å². The molecule has 0 amide bonds. The number of fused-ring (bicyclic) bond motifs is 6. The van der Waals surface area contributed by atoms with E-state index in [0.717, 1.165) is 12.8 Å². The Labute approximate surface area is 369 Å². The molecule has 0 bridgehead atoms. The summed E-state index contributed by atoms with van der Waals surface area (Å²) in [5.41, 5.74) is 3.48. The van der Waals surface area contributed by atoms with E-state index in [-0.39, 0.29) is 24.8 Å². The van der Waals surface area contributed by atoms with Gasteiger partial charge < -0.3 is 24.8 Å². The van der Waals surface area contributed by atoms with Crippen LogP contribution in [0.1, 0.15) is 82.1 Å². The summed E-state index contributed by atoms with van der Waals surface area (Å²) in [4.78, 5) is 0. The third kappa shape index (κ3) is 16.8. The number of allylic oxidation sites excluding steroid dienone is 8. The Balaban J connectivity index is 0.000000338. The molecular formula is C50H56Cl2Zr2-2. The van der Waals surface area contributed by atoms with Crippen molar-refractivity contribution in [2.75, 3.05) is 0 Å². The molecule has 0 aliphatic heterocycles. The standard InChI is InChI=1S/2C13H9.2C9H13.2C3H6.2ClH.2Zr/c2*1-3-7-12-10(5-1)9-11-6-2-4-8-13(11)12;2*1-9(2,3)8-6-4-5-7-8;2*1-3-2;;;;/h2*1-9H;2*6-7H,4H2,1-3H3;2*1-2H3;2*1H;;/q4*-1;;;;;2*+2/p-2. The maximum atomic E-state index is 3.16. The maximum Gasteiger partial charge on any atom is -0.0771 e. The number of rotatable bonds is 0. The van der Waals surface area contributed by atoms with E-state index in [4.69, 9.17) is 0 Å². The zero-order valence-corrected chi connectivity index (χ0v) is 40.3. The smallest absolute Gasteiger partial charge is 0.0771 e. The summed E-state index contributed by atoms with van der Waals surface area (Å²) in [6, 6.07) is 38.5. The van der Waals surface area contributed by atoms with Gasteiger partial charge in [-0.25, -0.2) is 12.2 Å². The molecule has 0 N–H and O–H groups in total. The minimum atomic E-state index is 0. The van der Waals surface area contributed by atoms with Crippen molar-refractivity contribution in [3.63, 3.8) is 0 Å². The van der Waals surface area contributed by atoms with E-state index in [0.29, 0.717) is 10.8 Å². The molecule has 2 aliphatic carbocycles. The van der Waals surface area contributed by atoms with E-state index >= 15 is 0 Å². The molecule has 6 aromatic carbocycles. The van der Waals surface area contributed by atoms with Gasteiger partial charge in [0.15, 0.2) is 0 Å². The minimum Gasteiger partial charge on any atom is -1.00 e. The Morgan fingerprint density at radius 3 is 0.852 bits per heavy atom. The Kier molecular flexibility index (Phi) is 22.4. The third-order valence-electron chi connectivity index (χ3n) is 8.17. The van der Waals surface area contributed by atoms with Crippen molar-refractivity contribution in [3.05, 3.63) is 157 Å². The molecule has 0 nitrogen and oxygen atoms in total. The van der Waals surface area contributed by atoms with Crippen LogP contribution in [0.2, 0.25) is 0 Å². The van der Waals surface area contributed by atoms with Gasteiger partial charge in [0.25, 0.3) is 0 Å². The fourth-order valence-electron chi connectivity index (χ4n) is 5.65. The molecule has 0 spiro atoms. The maximum absolute atomic E-state index is 3.16. The Bertz CT molecular complexity index is 1920. The molecule has 0 unspecified atom stereocenters. The summed E-state index contributed by atoms with van der Waals surface area (Å²) in [7, 11) is 0. The third-order valence-corrected chi connectivity index (χ3v) is 8.17. The molecule has 2 aliphatic rings. The normalized spacial score (nSPS) is 12.5. The molecular weight excluding hydrogens is 854 g/mol. The average Bonchev–Trinajstić information content (AvgIpc) is 3.91. The van der Waals surface area contributed by atoms with Gasteiger partial charge in [0.05, 0.1) is 0 Å². The van der Waals surface area contributed by atoms with E-state index in [9.17, 15) is 0 Å². The van der Waals surface area contributed by atoms with Crippen LogP contribution in [0, 0.1) is 23.0 Å². The molecule has 54 heavy (non-hydrogen) atoms. The van der Waals surface area contributed by atoms with Crippen molar-refractivity contribution < 1.29 is 73.3 Å². The van der Waals surface area contributed by atoms with Crippen LogP contribution < -0.4 is 24.8 Å². The first-order valence-electron chi connectivity index (χ1n) is 18.2. The van der Waals surface area contributed by atoms with Gasteiger partial charge in [-0.15, -0.1) is 92.3 Å². The second-order valence-electron chi connectivity index (χ2n) is 15.6. The first-order chi connectivity index (χ1) is 24.6. The number of halogens is 2. The zero-order valence-electron chi connectivity index (χ0n) is 33.9. The Hall–Kier alpha value is -2.33. The summed E-state index contributed by atoms with van der Waals surface area (Å²) in [6.07, 6.45) is 17.0. The topological polar surface area (TPSA) is 0 Å². The van der Waals surface area contributed by atoms with Crippen LogP contribution in [0.3, 0.4) is 0 Å². The van der Waals surface area contributed by atoms with Crippen LogP contribution in [0.15, 0.2) is 145 Å². The second-order valence-corrected chi connectivity index (χ2v) is 20.5. The molecule has 0 fully saturated rings. The molecule has 0 saturated carbocycles. The van der Waals surface area contributed by atoms with Crippen molar-refractivity contribution in [1.82, 2.24) is 0 Å². The molecule has 0 radical (unpaired) electrons. The second kappa shape index (κ2) is 24.3. The molecule has 0 saturated heterocycles. The molecule has 0 aromatic heterocycles. The van der Waals surface area contributed by atoms with E-state index in [1.807, 2.05) is 0 Å². The fourth-order valence-corrected chi connectivity index (χ4v) is 5.65.